The molecule has 0 saturated carbocycles. The van der Waals surface area contributed by atoms with Crippen molar-refractivity contribution in [2.75, 3.05) is 0 Å². The molecule has 1 unspecified atom stereocenters. The Labute approximate surface area is 115 Å². The molecule has 17 heavy (non-hydrogen) atoms. The summed E-state index contributed by atoms with van der Waals surface area (Å²) in [5.74, 6) is -3.17. The highest BCUT2D eigenvalue weighted by molar-refractivity contribution is 9.11. The number of fused-ring (bicyclic) bond motifs is 1. The standard InChI is InChI=1S/C12H10Br2F2O/c1-2-3-11(17)10-7(6-12(11,15)16)4-8(13)5-9(10)14/h2,4-5,17H,1,3,6H2. The van der Waals surface area contributed by atoms with Gasteiger partial charge in [0.25, 0.3) is 5.92 Å². The number of hydrogen-bond donors (Lipinski definition) is 1. The molecule has 0 heterocycles. The van der Waals surface area contributed by atoms with Crippen molar-refractivity contribution in [3.63, 3.8) is 0 Å². The van der Waals surface area contributed by atoms with E-state index < -0.39 is 17.9 Å². The van der Waals surface area contributed by atoms with Crippen molar-refractivity contribution in [2.24, 2.45) is 0 Å². The quantitative estimate of drug-likeness (QED) is 0.778. The van der Waals surface area contributed by atoms with Crippen LogP contribution in [0, 0.1) is 0 Å². The molecule has 1 aromatic carbocycles. The third kappa shape index (κ3) is 1.88. The van der Waals surface area contributed by atoms with Crippen LogP contribution in [0.2, 0.25) is 0 Å². The topological polar surface area (TPSA) is 20.2 Å². The predicted octanol–water partition coefficient (Wildman–Crippen LogP) is 4.17. The first kappa shape index (κ1) is 13.2. The third-order valence-electron chi connectivity index (χ3n) is 3.01. The molecular weight excluding hydrogens is 358 g/mol. The number of hydrogen-bond acceptors (Lipinski definition) is 1. The van der Waals surface area contributed by atoms with E-state index in [1.54, 1.807) is 12.1 Å². The van der Waals surface area contributed by atoms with E-state index in [0.29, 0.717) is 14.5 Å². The molecule has 1 aliphatic carbocycles. The van der Waals surface area contributed by atoms with Crippen LogP contribution in [0.1, 0.15) is 17.5 Å². The zero-order chi connectivity index (χ0) is 12.8. The van der Waals surface area contributed by atoms with Crippen molar-refractivity contribution >= 4 is 31.9 Å². The molecule has 1 aromatic rings. The van der Waals surface area contributed by atoms with E-state index in [4.69, 9.17) is 0 Å². The van der Waals surface area contributed by atoms with Gasteiger partial charge < -0.3 is 5.11 Å². The molecule has 0 bridgehead atoms. The lowest BCUT2D eigenvalue weighted by molar-refractivity contribution is -0.173. The van der Waals surface area contributed by atoms with Crippen LogP contribution in [0.5, 0.6) is 0 Å². The lowest BCUT2D eigenvalue weighted by Crippen LogP contribution is -2.41. The van der Waals surface area contributed by atoms with Crippen LogP contribution in [-0.2, 0) is 12.0 Å². The maximum atomic E-state index is 14.0. The molecule has 0 aliphatic heterocycles. The highest BCUT2D eigenvalue weighted by Crippen LogP contribution is 2.53. The van der Waals surface area contributed by atoms with Gasteiger partial charge in [-0.15, -0.1) is 6.58 Å². The lowest BCUT2D eigenvalue weighted by atomic mass is 9.90. The summed E-state index contributed by atoms with van der Waals surface area (Å²) < 4.78 is 29.1. The molecule has 0 saturated heterocycles. The SMILES string of the molecule is C=CCC1(O)c2c(Br)cc(Br)cc2CC1(F)F. The number of alkyl halides is 2. The van der Waals surface area contributed by atoms with Gasteiger partial charge in [-0.3, -0.25) is 0 Å². The second-order valence-electron chi connectivity index (χ2n) is 4.16. The smallest absolute Gasteiger partial charge is 0.284 e. The Balaban J connectivity index is 2.67. The van der Waals surface area contributed by atoms with Gasteiger partial charge in [0.1, 0.15) is 0 Å². The van der Waals surface area contributed by atoms with Crippen LogP contribution in [-0.4, -0.2) is 11.0 Å². The maximum Gasteiger partial charge on any atom is 0.284 e. The van der Waals surface area contributed by atoms with Gasteiger partial charge in [-0.2, -0.15) is 0 Å². The van der Waals surface area contributed by atoms with Crippen LogP contribution >= 0.6 is 31.9 Å². The molecule has 1 N–H and O–H groups in total. The Kier molecular flexibility index (Phi) is 3.21. The Hall–Kier alpha value is -0.260. The fraction of sp³-hybridized carbons (Fsp3) is 0.333. The molecule has 2 rings (SSSR count). The van der Waals surface area contributed by atoms with Gasteiger partial charge in [0, 0.05) is 27.4 Å². The van der Waals surface area contributed by atoms with Crippen molar-refractivity contribution in [1.82, 2.24) is 0 Å². The zero-order valence-corrected chi connectivity index (χ0v) is 12.0. The van der Waals surface area contributed by atoms with Crippen LogP contribution < -0.4 is 0 Å². The molecule has 92 valence electrons. The van der Waals surface area contributed by atoms with Gasteiger partial charge in [-0.1, -0.05) is 37.9 Å². The first-order chi connectivity index (χ1) is 7.82. The molecule has 1 aliphatic rings. The summed E-state index contributed by atoms with van der Waals surface area (Å²) in [6.07, 6.45) is 0.690. The van der Waals surface area contributed by atoms with Crippen LogP contribution in [0.4, 0.5) is 8.78 Å². The molecule has 1 atom stereocenters. The number of aliphatic hydroxyl groups is 1. The Morgan fingerprint density at radius 3 is 2.65 bits per heavy atom. The number of benzene rings is 1. The van der Waals surface area contributed by atoms with Crippen LogP contribution in [0.15, 0.2) is 33.7 Å². The highest BCUT2D eigenvalue weighted by atomic mass is 79.9. The summed E-state index contributed by atoms with van der Waals surface area (Å²) in [5.41, 5.74) is -1.44. The third-order valence-corrected chi connectivity index (χ3v) is 4.09. The molecule has 1 nitrogen and oxygen atoms in total. The molecule has 0 amide bonds. The Morgan fingerprint density at radius 2 is 2.06 bits per heavy atom. The van der Waals surface area contributed by atoms with E-state index in [0.717, 1.165) is 0 Å². The van der Waals surface area contributed by atoms with Crippen molar-refractivity contribution < 1.29 is 13.9 Å². The van der Waals surface area contributed by atoms with Gasteiger partial charge in [-0.25, -0.2) is 8.78 Å². The van der Waals surface area contributed by atoms with Crippen LogP contribution in [0.3, 0.4) is 0 Å². The minimum atomic E-state index is -3.17. The van der Waals surface area contributed by atoms with Gasteiger partial charge in [0.05, 0.1) is 0 Å². The van der Waals surface area contributed by atoms with Gasteiger partial charge in [0.15, 0.2) is 5.60 Å². The summed E-state index contributed by atoms with van der Waals surface area (Å²) in [5, 5.41) is 10.3. The normalized spacial score (nSPS) is 25.7. The number of rotatable bonds is 2. The molecule has 0 spiro atoms. The van der Waals surface area contributed by atoms with Gasteiger partial charge in [0.2, 0.25) is 0 Å². The molecule has 0 fully saturated rings. The van der Waals surface area contributed by atoms with E-state index in [-0.39, 0.29) is 12.0 Å². The first-order valence-electron chi connectivity index (χ1n) is 5.01. The van der Waals surface area contributed by atoms with E-state index in [1.807, 2.05) is 0 Å². The second-order valence-corrected chi connectivity index (χ2v) is 5.93. The zero-order valence-electron chi connectivity index (χ0n) is 8.81. The van der Waals surface area contributed by atoms with E-state index in [9.17, 15) is 13.9 Å². The average Bonchev–Trinajstić information content (AvgIpc) is 2.33. The van der Waals surface area contributed by atoms with Gasteiger partial charge in [-0.05, 0) is 17.7 Å². The maximum absolute atomic E-state index is 14.0. The Morgan fingerprint density at radius 1 is 1.41 bits per heavy atom. The van der Waals surface area contributed by atoms with E-state index in [2.05, 4.69) is 38.4 Å². The average molecular weight is 368 g/mol. The summed E-state index contributed by atoms with van der Waals surface area (Å²) >= 11 is 6.49. The highest BCUT2D eigenvalue weighted by Gasteiger charge is 2.59. The van der Waals surface area contributed by atoms with Gasteiger partial charge >= 0.3 is 0 Å². The number of halogens is 4. The summed E-state index contributed by atoms with van der Waals surface area (Å²) in [7, 11) is 0. The fourth-order valence-electron chi connectivity index (χ4n) is 2.26. The van der Waals surface area contributed by atoms with E-state index in [1.165, 1.54) is 6.08 Å². The van der Waals surface area contributed by atoms with Crippen LogP contribution in [0.25, 0.3) is 0 Å². The fourth-order valence-corrected chi connectivity index (χ4v) is 3.90. The summed E-state index contributed by atoms with van der Waals surface area (Å²) in [6.45, 7) is 3.44. The first-order valence-corrected chi connectivity index (χ1v) is 6.60. The lowest BCUT2D eigenvalue weighted by Gasteiger charge is -2.30. The predicted molar refractivity (Wildman–Crippen MR) is 69.2 cm³/mol. The molecular formula is C12H10Br2F2O. The second kappa shape index (κ2) is 4.14. The minimum Gasteiger partial charge on any atom is -0.378 e. The largest absolute Gasteiger partial charge is 0.378 e. The summed E-state index contributed by atoms with van der Waals surface area (Å²) in [4.78, 5) is 0. The van der Waals surface area contributed by atoms with Crippen molar-refractivity contribution in [1.29, 1.82) is 0 Å². The molecule has 0 radical (unpaired) electrons. The van der Waals surface area contributed by atoms with Crippen molar-refractivity contribution in [3.05, 3.63) is 44.9 Å². The molecule has 0 aromatic heterocycles. The monoisotopic (exact) mass is 366 g/mol. The minimum absolute atomic E-state index is 0.173. The molecule has 5 heteroatoms. The Bertz CT molecular complexity index is 488. The van der Waals surface area contributed by atoms with Crippen molar-refractivity contribution in [3.8, 4) is 0 Å². The van der Waals surface area contributed by atoms with E-state index >= 15 is 0 Å². The summed E-state index contributed by atoms with van der Waals surface area (Å²) in [6, 6.07) is 3.28. The van der Waals surface area contributed by atoms with Crippen molar-refractivity contribution in [2.45, 2.75) is 24.4 Å².